The molecule has 1 saturated carbocycles. The van der Waals surface area contributed by atoms with Crippen molar-refractivity contribution in [2.24, 2.45) is 5.92 Å². The number of carbonyl (C=O) groups is 1. The summed E-state index contributed by atoms with van der Waals surface area (Å²) in [7, 11) is 1.67. The number of rotatable bonds is 6. The van der Waals surface area contributed by atoms with E-state index in [0.29, 0.717) is 32.2 Å². The van der Waals surface area contributed by atoms with Crippen molar-refractivity contribution in [2.45, 2.75) is 38.5 Å². The number of hydrogen-bond acceptors (Lipinski definition) is 5. The molecule has 1 aliphatic carbocycles. The van der Waals surface area contributed by atoms with E-state index in [1.165, 1.54) is 12.8 Å². The maximum Gasteiger partial charge on any atom is 0.317 e. The molecule has 0 unspecified atom stereocenters. The number of hydrogen-bond donors (Lipinski definition) is 1. The standard InChI is InChI=1S/C15H25N5O3/c1-3-19-10-16-18-14(19)13-8-20(6-7-23-13)15(21)17-12(9-22-2)11-4-5-11/h10-13H,3-9H2,1-2H3,(H,17,21)/t12-,13+/m1/s1. The predicted molar refractivity (Wildman–Crippen MR) is 82.9 cm³/mol. The highest BCUT2D eigenvalue weighted by Crippen LogP contribution is 2.33. The molecular weight excluding hydrogens is 298 g/mol. The Hall–Kier alpha value is -1.67. The summed E-state index contributed by atoms with van der Waals surface area (Å²) in [5, 5.41) is 11.2. The highest BCUT2D eigenvalue weighted by atomic mass is 16.5. The molecule has 2 aliphatic rings. The quantitative estimate of drug-likeness (QED) is 0.838. The fourth-order valence-electron chi connectivity index (χ4n) is 2.97. The third-order valence-electron chi connectivity index (χ3n) is 4.47. The van der Waals surface area contributed by atoms with Gasteiger partial charge in [0.15, 0.2) is 5.82 Å². The minimum atomic E-state index is -0.223. The average molecular weight is 323 g/mol. The number of urea groups is 1. The number of carbonyl (C=O) groups excluding carboxylic acids is 1. The van der Waals surface area contributed by atoms with E-state index in [4.69, 9.17) is 9.47 Å². The topological polar surface area (TPSA) is 81.5 Å². The van der Waals surface area contributed by atoms with Crippen LogP contribution < -0.4 is 5.32 Å². The molecule has 0 spiro atoms. The third-order valence-corrected chi connectivity index (χ3v) is 4.47. The zero-order valence-electron chi connectivity index (χ0n) is 13.8. The van der Waals surface area contributed by atoms with E-state index in [0.717, 1.165) is 12.4 Å². The number of amides is 2. The first-order chi connectivity index (χ1) is 11.2. The van der Waals surface area contributed by atoms with Crippen LogP contribution in [0.4, 0.5) is 4.79 Å². The fourth-order valence-corrected chi connectivity index (χ4v) is 2.97. The van der Waals surface area contributed by atoms with Crippen molar-refractivity contribution < 1.29 is 14.3 Å². The van der Waals surface area contributed by atoms with Crippen molar-refractivity contribution in [1.82, 2.24) is 25.0 Å². The predicted octanol–water partition coefficient (Wildman–Crippen LogP) is 0.806. The van der Waals surface area contributed by atoms with Gasteiger partial charge in [-0.15, -0.1) is 10.2 Å². The lowest BCUT2D eigenvalue weighted by atomic mass is 10.2. The first-order valence-corrected chi connectivity index (χ1v) is 8.26. The van der Waals surface area contributed by atoms with Crippen molar-refractivity contribution >= 4 is 6.03 Å². The van der Waals surface area contributed by atoms with Crippen molar-refractivity contribution in [2.75, 3.05) is 33.4 Å². The molecule has 0 bridgehead atoms. The van der Waals surface area contributed by atoms with Crippen LogP contribution >= 0.6 is 0 Å². The Morgan fingerprint density at radius 3 is 3.09 bits per heavy atom. The van der Waals surface area contributed by atoms with E-state index in [9.17, 15) is 4.79 Å². The Morgan fingerprint density at radius 1 is 1.57 bits per heavy atom. The third kappa shape index (κ3) is 3.81. The van der Waals surface area contributed by atoms with Gasteiger partial charge in [0.25, 0.3) is 0 Å². The summed E-state index contributed by atoms with van der Waals surface area (Å²) in [4.78, 5) is 14.3. The lowest BCUT2D eigenvalue weighted by Gasteiger charge is -2.33. The van der Waals surface area contributed by atoms with Crippen LogP contribution in [0.25, 0.3) is 0 Å². The van der Waals surface area contributed by atoms with Gasteiger partial charge in [-0.3, -0.25) is 0 Å². The van der Waals surface area contributed by atoms with Crippen LogP contribution in [-0.2, 0) is 16.0 Å². The molecule has 2 amide bonds. The van der Waals surface area contributed by atoms with Crippen molar-refractivity contribution in [3.8, 4) is 0 Å². The van der Waals surface area contributed by atoms with E-state index >= 15 is 0 Å². The largest absolute Gasteiger partial charge is 0.383 e. The number of ether oxygens (including phenoxy) is 2. The monoisotopic (exact) mass is 323 g/mol. The van der Waals surface area contributed by atoms with Gasteiger partial charge in [-0.25, -0.2) is 4.79 Å². The summed E-state index contributed by atoms with van der Waals surface area (Å²) in [6.45, 7) is 4.97. The summed E-state index contributed by atoms with van der Waals surface area (Å²) in [5.41, 5.74) is 0. The summed E-state index contributed by atoms with van der Waals surface area (Å²) in [5.74, 6) is 1.33. The fraction of sp³-hybridized carbons (Fsp3) is 0.800. The SMILES string of the molecule is CCn1cnnc1[C@@H]1CN(C(=O)N[C@H](COC)C2CC2)CCO1. The van der Waals surface area contributed by atoms with Crippen LogP contribution in [0.15, 0.2) is 6.33 Å². The van der Waals surface area contributed by atoms with Gasteiger partial charge < -0.3 is 24.3 Å². The normalized spacial score (nSPS) is 22.9. The number of nitrogens with zero attached hydrogens (tertiary/aromatic N) is 4. The molecule has 1 aromatic rings. The summed E-state index contributed by atoms with van der Waals surface area (Å²) < 4.78 is 13.0. The van der Waals surface area contributed by atoms with E-state index in [2.05, 4.69) is 15.5 Å². The Bertz CT molecular complexity index is 531. The maximum absolute atomic E-state index is 12.5. The van der Waals surface area contributed by atoms with Gasteiger partial charge in [-0.2, -0.15) is 0 Å². The summed E-state index contributed by atoms with van der Waals surface area (Å²) in [6.07, 6.45) is 3.80. The van der Waals surface area contributed by atoms with Gasteiger partial charge in [0.2, 0.25) is 0 Å². The minimum Gasteiger partial charge on any atom is -0.383 e. The maximum atomic E-state index is 12.5. The van der Waals surface area contributed by atoms with Gasteiger partial charge >= 0.3 is 6.03 Å². The Morgan fingerprint density at radius 2 is 2.39 bits per heavy atom. The zero-order chi connectivity index (χ0) is 16.2. The average Bonchev–Trinajstić information content (AvgIpc) is 3.31. The molecule has 0 radical (unpaired) electrons. The highest BCUT2D eigenvalue weighted by molar-refractivity contribution is 5.74. The minimum absolute atomic E-state index is 0.0465. The molecule has 2 heterocycles. The Kier molecular flexibility index (Phi) is 5.12. The number of morpholine rings is 1. The lowest BCUT2D eigenvalue weighted by Crippen LogP contribution is -2.51. The molecule has 8 heteroatoms. The molecular formula is C15H25N5O3. The van der Waals surface area contributed by atoms with Crippen LogP contribution in [0.2, 0.25) is 0 Å². The molecule has 1 saturated heterocycles. The van der Waals surface area contributed by atoms with Crippen molar-refractivity contribution in [1.29, 1.82) is 0 Å². The van der Waals surface area contributed by atoms with Crippen LogP contribution in [0.3, 0.4) is 0 Å². The second-order valence-electron chi connectivity index (χ2n) is 6.13. The molecule has 23 heavy (non-hydrogen) atoms. The smallest absolute Gasteiger partial charge is 0.317 e. The second kappa shape index (κ2) is 7.27. The van der Waals surface area contributed by atoms with Crippen LogP contribution in [0.1, 0.15) is 31.7 Å². The van der Waals surface area contributed by atoms with Gasteiger partial charge in [-0.1, -0.05) is 0 Å². The molecule has 2 atom stereocenters. The molecule has 3 rings (SSSR count). The van der Waals surface area contributed by atoms with E-state index < -0.39 is 0 Å². The first-order valence-electron chi connectivity index (χ1n) is 8.26. The number of aromatic nitrogens is 3. The van der Waals surface area contributed by atoms with Crippen LogP contribution in [-0.4, -0.2) is 65.2 Å². The first kappa shape index (κ1) is 16.2. The molecule has 8 nitrogen and oxygen atoms in total. The Balaban J connectivity index is 1.60. The van der Waals surface area contributed by atoms with Crippen LogP contribution in [0, 0.1) is 5.92 Å². The van der Waals surface area contributed by atoms with Gasteiger partial charge in [0, 0.05) is 20.2 Å². The van der Waals surface area contributed by atoms with Gasteiger partial charge in [0.1, 0.15) is 12.4 Å². The molecule has 1 N–H and O–H groups in total. The number of nitrogens with one attached hydrogen (secondary N) is 1. The molecule has 1 aromatic heterocycles. The Labute approximate surface area is 136 Å². The number of methoxy groups -OCH3 is 1. The second-order valence-corrected chi connectivity index (χ2v) is 6.13. The van der Waals surface area contributed by atoms with Crippen molar-refractivity contribution in [3.05, 3.63) is 12.2 Å². The zero-order valence-corrected chi connectivity index (χ0v) is 13.8. The van der Waals surface area contributed by atoms with E-state index in [1.54, 1.807) is 18.3 Å². The summed E-state index contributed by atoms with van der Waals surface area (Å²) >= 11 is 0. The summed E-state index contributed by atoms with van der Waals surface area (Å²) in [6, 6.07) is 0.0582. The van der Waals surface area contributed by atoms with Crippen LogP contribution in [0.5, 0.6) is 0 Å². The molecule has 1 aliphatic heterocycles. The molecule has 2 fully saturated rings. The van der Waals surface area contributed by atoms with Crippen molar-refractivity contribution in [3.63, 3.8) is 0 Å². The lowest BCUT2D eigenvalue weighted by molar-refractivity contribution is -0.0225. The van der Waals surface area contributed by atoms with Gasteiger partial charge in [0.05, 0.1) is 25.8 Å². The van der Waals surface area contributed by atoms with E-state index in [1.807, 2.05) is 11.5 Å². The molecule has 0 aromatic carbocycles. The molecule has 128 valence electrons. The van der Waals surface area contributed by atoms with E-state index in [-0.39, 0.29) is 18.2 Å². The van der Waals surface area contributed by atoms with Gasteiger partial charge in [-0.05, 0) is 25.7 Å². The number of aryl methyl sites for hydroxylation is 1. The highest BCUT2D eigenvalue weighted by Gasteiger charge is 2.35.